The topological polar surface area (TPSA) is 66.5 Å². The fourth-order valence-corrected chi connectivity index (χ4v) is 2.22. The first-order chi connectivity index (χ1) is 7.99. The molecule has 96 valence electrons. The number of imide groups is 2. The number of barbiturate groups is 1. The van der Waals surface area contributed by atoms with Gasteiger partial charge in [0.15, 0.2) is 0 Å². The smallest absolute Gasteiger partial charge is 0.277 e. The molecular weight excluding hydrogens is 240 g/mol. The molecule has 1 fully saturated rings. The second-order valence-electron chi connectivity index (χ2n) is 4.35. The van der Waals surface area contributed by atoms with Crippen LogP contribution in [-0.2, 0) is 9.59 Å². The fraction of sp³-hybridized carbons (Fsp3) is 0.727. The Kier molecular flexibility index (Phi) is 4.99. The Morgan fingerprint density at radius 1 is 1.35 bits per heavy atom. The third kappa shape index (κ3) is 3.21. The van der Waals surface area contributed by atoms with Gasteiger partial charge in [-0.3, -0.25) is 19.8 Å². The van der Waals surface area contributed by atoms with Crippen molar-refractivity contribution in [2.24, 2.45) is 11.8 Å². The molecular formula is C11H18N2O3S. The fourth-order valence-electron chi connectivity index (χ4n) is 1.80. The molecule has 1 unspecified atom stereocenters. The lowest BCUT2D eigenvalue weighted by Gasteiger charge is -2.31. The number of nitrogens with one attached hydrogen (secondary N) is 1. The van der Waals surface area contributed by atoms with Gasteiger partial charge in [0.05, 0.1) is 0 Å². The maximum atomic E-state index is 12.0. The average Bonchev–Trinajstić information content (AvgIpc) is 2.21. The summed E-state index contributed by atoms with van der Waals surface area (Å²) in [7, 11) is 0. The average molecular weight is 258 g/mol. The number of hydrogen-bond donors (Lipinski definition) is 1. The summed E-state index contributed by atoms with van der Waals surface area (Å²) in [6.07, 6.45) is 2.72. The van der Waals surface area contributed by atoms with E-state index in [0.29, 0.717) is 6.54 Å². The molecule has 1 heterocycles. The molecule has 0 saturated carbocycles. The number of thioether (sulfide) groups is 1. The van der Waals surface area contributed by atoms with Crippen molar-refractivity contribution in [1.29, 1.82) is 0 Å². The molecule has 0 aliphatic carbocycles. The van der Waals surface area contributed by atoms with Gasteiger partial charge >= 0.3 is 6.03 Å². The van der Waals surface area contributed by atoms with E-state index in [1.165, 1.54) is 0 Å². The SMILES string of the molecule is CSCCCN1C(=O)NC(=O)C(C(C)C)C1=O. The Balaban J connectivity index is 2.72. The van der Waals surface area contributed by atoms with E-state index in [1.807, 2.05) is 6.26 Å². The Labute approximate surface area is 105 Å². The molecule has 1 N–H and O–H groups in total. The van der Waals surface area contributed by atoms with Crippen LogP contribution in [0.15, 0.2) is 0 Å². The zero-order chi connectivity index (χ0) is 13.0. The lowest BCUT2D eigenvalue weighted by molar-refractivity contribution is -0.144. The van der Waals surface area contributed by atoms with Gasteiger partial charge in [0.1, 0.15) is 5.92 Å². The predicted molar refractivity (Wildman–Crippen MR) is 66.6 cm³/mol. The Hall–Kier alpha value is -1.04. The number of amides is 4. The van der Waals surface area contributed by atoms with E-state index < -0.39 is 17.9 Å². The highest BCUT2D eigenvalue weighted by Gasteiger charge is 2.41. The molecule has 1 aliphatic rings. The third-order valence-electron chi connectivity index (χ3n) is 2.69. The summed E-state index contributed by atoms with van der Waals surface area (Å²) in [6.45, 7) is 3.98. The Bertz CT molecular complexity index is 331. The highest BCUT2D eigenvalue weighted by atomic mass is 32.2. The highest BCUT2D eigenvalue weighted by molar-refractivity contribution is 7.98. The Morgan fingerprint density at radius 2 is 2.00 bits per heavy atom. The first-order valence-electron chi connectivity index (χ1n) is 5.64. The zero-order valence-electron chi connectivity index (χ0n) is 10.4. The van der Waals surface area contributed by atoms with E-state index >= 15 is 0 Å². The number of nitrogens with zero attached hydrogens (tertiary/aromatic N) is 1. The van der Waals surface area contributed by atoms with E-state index in [-0.39, 0.29) is 11.8 Å². The number of carbonyl (C=O) groups excluding carboxylic acids is 3. The monoisotopic (exact) mass is 258 g/mol. The maximum absolute atomic E-state index is 12.0. The number of carbonyl (C=O) groups is 3. The van der Waals surface area contributed by atoms with E-state index in [2.05, 4.69) is 5.32 Å². The van der Waals surface area contributed by atoms with Crippen molar-refractivity contribution in [3.8, 4) is 0 Å². The van der Waals surface area contributed by atoms with E-state index in [0.717, 1.165) is 17.1 Å². The predicted octanol–water partition coefficient (Wildman–Crippen LogP) is 1.09. The standard InChI is InChI=1S/C11H18N2O3S/c1-7(2)8-9(14)12-11(16)13(10(8)15)5-4-6-17-3/h7-8H,4-6H2,1-3H3,(H,12,14,16). The summed E-state index contributed by atoms with van der Waals surface area (Å²) in [5, 5.41) is 2.24. The number of rotatable bonds is 5. The van der Waals surface area contributed by atoms with Gasteiger partial charge in [0, 0.05) is 6.54 Å². The largest absolute Gasteiger partial charge is 0.330 e. The molecule has 17 heavy (non-hydrogen) atoms. The van der Waals surface area contributed by atoms with Crippen LogP contribution in [0.2, 0.25) is 0 Å². The minimum absolute atomic E-state index is 0.0985. The molecule has 5 nitrogen and oxygen atoms in total. The van der Waals surface area contributed by atoms with Crippen LogP contribution in [0.3, 0.4) is 0 Å². The molecule has 0 radical (unpaired) electrons. The maximum Gasteiger partial charge on any atom is 0.330 e. The van der Waals surface area contributed by atoms with Gasteiger partial charge in [-0.15, -0.1) is 0 Å². The summed E-state index contributed by atoms with van der Waals surface area (Å²) in [5.41, 5.74) is 0. The second kappa shape index (κ2) is 6.05. The first kappa shape index (κ1) is 14.0. The lowest BCUT2D eigenvalue weighted by atomic mass is 9.92. The normalized spacial score (nSPS) is 21.1. The second-order valence-corrected chi connectivity index (χ2v) is 5.34. The molecule has 6 heteroatoms. The molecule has 4 amide bonds. The van der Waals surface area contributed by atoms with Gasteiger partial charge < -0.3 is 0 Å². The van der Waals surface area contributed by atoms with E-state index in [4.69, 9.17) is 0 Å². The number of urea groups is 1. The lowest BCUT2D eigenvalue weighted by Crippen LogP contribution is -2.59. The van der Waals surface area contributed by atoms with Crippen molar-refractivity contribution in [1.82, 2.24) is 10.2 Å². The molecule has 1 saturated heterocycles. The molecule has 1 aliphatic heterocycles. The summed E-state index contributed by atoms with van der Waals surface area (Å²) in [5.74, 6) is -0.788. The van der Waals surface area contributed by atoms with Crippen LogP contribution in [0.25, 0.3) is 0 Å². The summed E-state index contributed by atoms with van der Waals surface area (Å²) < 4.78 is 0. The van der Waals surface area contributed by atoms with E-state index in [1.54, 1.807) is 25.6 Å². The molecule has 1 atom stereocenters. The van der Waals surface area contributed by atoms with Crippen LogP contribution in [0.5, 0.6) is 0 Å². The van der Waals surface area contributed by atoms with Gasteiger partial charge in [-0.1, -0.05) is 13.8 Å². The molecule has 1 rings (SSSR count). The zero-order valence-corrected chi connectivity index (χ0v) is 11.2. The van der Waals surface area contributed by atoms with Gasteiger partial charge in [0.25, 0.3) is 0 Å². The van der Waals surface area contributed by atoms with Crippen molar-refractivity contribution >= 4 is 29.6 Å². The third-order valence-corrected chi connectivity index (χ3v) is 3.38. The van der Waals surface area contributed by atoms with Crippen LogP contribution < -0.4 is 5.32 Å². The molecule has 0 spiro atoms. The van der Waals surface area contributed by atoms with Crippen LogP contribution in [0.4, 0.5) is 4.79 Å². The first-order valence-corrected chi connectivity index (χ1v) is 7.03. The van der Waals surface area contributed by atoms with Gasteiger partial charge in [-0.05, 0) is 24.3 Å². The minimum Gasteiger partial charge on any atom is -0.277 e. The van der Waals surface area contributed by atoms with Crippen LogP contribution >= 0.6 is 11.8 Å². The van der Waals surface area contributed by atoms with Crippen molar-refractivity contribution in [2.45, 2.75) is 20.3 Å². The van der Waals surface area contributed by atoms with E-state index in [9.17, 15) is 14.4 Å². The van der Waals surface area contributed by atoms with Crippen LogP contribution in [0.1, 0.15) is 20.3 Å². The number of hydrogen-bond acceptors (Lipinski definition) is 4. The van der Waals surface area contributed by atoms with Crippen LogP contribution in [0, 0.1) is 11.8 Å². The van der Waals surface area contributed by atoms with Gasteiger partial charge in [-0.2, -0.15) is 11.8 Å². The molecule has 0 aromatic heterocycles. The van der Waals surface area contributed by atoms with Gasteiger partial charge in [0.2, 0.25) is 11.8 Å². The summed E-state index contributed by atoms with van der Waals surface area (Å²) in [4.78, 5) is 36.3. The summed E-state index contributed by atoms with van der Waals surface area (Å²) in [6, 6.07) is -0.585. The molecule has 0 aromatic rings. The Morgan fingerprint density at radius 3 is 2.53 bits per heavy atom. The summed E-state index contributed by atoms with van der Waals surface area (Å²) >= 11 is 1.66. The van der Waals surface area contributed by atoms with Crippen LogP contribution in [-0.4, -0.2) is 41.3 Å². The molecule has 0 aromatic carbocycles. The van der Waals surface area contributed by atoms with Crippen molar-refractivity contribution in [2.75, 3.05) is 18.6 Å². The minimum atomic E-state index is -0.734. The van der Waals surface area contributed by atoms with Crippen molar-refractivity contribution in [3.63, 3.8) is 0 Å². The van der Waals surface area contributed by atoms with Crippen molar-refractivity contribution < 1.29 is 14.4 Å². The van der Waals surface area contributed by atoms with Crippen molar-refractivity contribution in [3.05, 3.63) is 0 Å². The quantitative estimate of drug-likeness (QED) is 0.592. The molecule has 0 bridgehead atoms. The highest BCUT2D eigenvalue weighted by Crippen LogP contribution is 2.19. The van der Waals surface area contributed by atoms with Gasteiger partial charge in [-0.25, -0.2) is 4.79 Å².